The smallest absolute Gasteiger partial charge is 0.254 e. The van der Waals surface area contributed by atoms with E-state index in [9.17, 15) is 4.79 Å². The van der Waals surface area contributed by atoms with E-state index in [0.29, 0.717) is 24.0 Å². The number of aryl methyl sites for hydroxylation is 1. The lowest BCUT2D eigenvalue weighted by Crippen LogP contribution is -2.41. The van der Waals surface area contributed by atoms with Gasteiger partial charge in [-0.15, -0.1) is 0 Å². The summed E-state index contributed by atoms with van der Waals surface area (Å²) < 4.78 is 5.33. The van der Waals surface area contributed by atoms with Crippen molar-refractivity contribution in [2.45, 2.75) is 26.7 Å². The molecule has 0 saturated carbocycles. The van der Waals surface area contributed by atoms with Crippen LogP contribution in [0.1, 0.15) is 41.3 Å². The Labute approximate surface area is 166 Å². The quantitative estimate of drug-likeness (QED) is 0.765. The van der Waals surface area contributed by atoms with Gasteiger partial charge in [-0.2, -0.15) is 0 Å². The van der Waals surface area contributed by atoms with Crippen molar-refractivity contribution in [3.8, 4) is 0 Å². The van der Waals surface area contributed by atoms with Gasteiger partial charge in [0.2, 0.25) is 5.95 Å². The minimum Gasteiger partial charge on any atom is -0.379 e. The minimum atomic E-state index is -0.154. The van der Waals surface area contributed by atoms with Gasteiger partial charge in [0.15, 0.2) is 0 Å². The molecule has 150 valence electrons. The highest BCUT2D eigenvalue weighted by molar-refractivity contribution is 5.93. The Morgan fingerprint density at radius 1 is 1.21 bits per heavy atom. The van der Waals surface area contributed by atoms with Gasteiger partial charge in [0.1, 0.15) is 0 Å². The minimum absolute atomic E-state index is 0.154. The Morgan fingerprint density at radius 2 is 1.93 bits per heavy atom. The molecule has 0 spiro atoms. The second-order valence-electron chi connectivity index (χ2n) is 7.32. The van der Waals surface area contributed by atoms with Gasteiger partial charge in [-0.05, 0) is 24.0 Å². The molecule has 3 rings (SSSR count). The number of hydrogen-bond donors (Lipinski definition) is 2. The van der Waals surface area contributed by atoms with E-state index in [2.05, 4.69) is 64.5 Å². The molecular formula is C21H29N5O2. The molecule has 0 atom stereocenters. The lowest BCUT2D eigenvalue weighted by atomic mass is 9.98. The summed E-state index contributed by atoms with van der Waals surface area (Å²) in [6, 6.07) is 6.22. The fraction of sp³-hybridized carbons (Fsp3) is 0.476. The first-order valence-corrected chi connectivity index (χ1v) is 9.81. The number of nitrogens with one attached hydrogen (secondary N) is 2. The predicted molar refractivity (Wildman–Crippen MR) is 110 cm³/mol. The summed E-state index contributed by atoms with van der Waals surface area (Å²) in [4.78, 5) is 23.2. The number of amides is 1. The average molecular weight is 383 g/mol. The van der Waals surface area contributed by atoms with Crippen LogP contribution < -0.4 is 10.6 Å². The van der Waals surface area contributed by atoms with Crippen molar-refractivity contribution in [1.29, 1.82) is 0 Å². The molecule has 1 aliphatic rings. The van der Waals surface area contributed by atoms with Crippen LogP contribution in [0.5, 0.6) is 0 Å². The van der Waals surface area contributed by atoms with E-state index < -0.39 is 0 Å². The first-order valence-electron chi connectivity index (χ1n) is 9.81. The number of nitrogens with zero attached hydrogens (tertiary/aromatic N) is 3. The summed E-state index contributed by atoms with van der Waals surface area (Å²) in [5.41, 5.74) is 3.84. The van der Waals surface area contributed by atoms with Gasteiger partial charge < -0.3 is 15.4 Å². The summed E-state index contributed by atoms with van der Waals surface area (Å²) in [5, 5.41) is 6.23. The molecular weight excluding hydrogens is 354 g/mol. The molecule has 2 aromatic rings. The summed E-state index contributed by atoms with van der Waals surface area (Å²) in [7, 11) is 0. The van der Waals surface area contributed by atoms with Gasteiger partial charge in [-0.25, -0.2) is 9.97 Å². The van der Waals surface area contributed by atoms with Crippen molar-refractivity contribution in [2.75, 3.05) is 44.7 Å². The predicted octanol–water partition coefficient (Wildman–Crippen LogP) is 2.71. The topological polar surface area (TPSA) is 79.4 Å². The van der Waals surface area contributed by atoms with Crippen LogP contribution >= 0.6 is 0 Å². The number of morpholine rings is 1. The zero-order chi connectivity index (χ0) is 19.9. The Morgan fingerprint density at radius 3 is 2.61 bits per heavy atom. The number of para-hydroxylation sites is 1. The molecule has 1 aromatic carbocycles. The molecule has 7 heteroatoms. The van der Waals surface area contributed by atoms with Gasteiger partial charge in [0, 0.05) is 44.3 Å². The van der Waals surface area contributed by atoms with Gasteiger partial charge in [-0.1, -0.05) is 32.0 Å². The monoisotopic (exact) mass is 383 g/mol. The van der Waals surface area contributed by atoms with Crippen LogP contribution in [-0.4, -0.2) is 60.2 Å². The van der Waals surface area contributed by atoms with Crippen LogP contribution in [0.4, 0.5) is 11.6 Å². The van der Waals surface area contributed by atoms with Crippen molar-refractivity contribution in [1.82, 2.24) is 20.2 Å². The second kappa shape index (κ2) is 9.61. The van der Waals surface area contributed by atoms with E-state index in [1.165, 1.54) is 5.56 Å². The molecule has 1 amide bonds. The molecule has 0 aliphatic carbocycles. The fourth-order valence-corrected chi connectivity index (χ4v) is 3.22. The van der Waals surface area contributed by atoms with Crippen LogP contribution in [0, 0.1) is 6.92 Å². The highest BCUT2D eigenvalue weighted by Gasteiger charge is 2.13. The molecule has 1 saturated heterocycles. The molecule has 2 N–H and O–H groups in total. The molecule has 1 aliphatic heterocycles. The maximum absolute atomic E-state index is 12.3. The number of hydrogen-bond acceptors (Lipinski definition) is 6. The Hall–Kier alpha value is -2.51. The molecule has 7 nitrogen and oxygen atoms in total. The Balaban J connectivity index is 1.57. The first kappa shape index (κ1) is 20.2. The maximum Gasteiger partial charge on any atom is 0.254 e. The van der Waals surface area contributed by atoms with E-state index in [1.54, 1.807) is 12.4 Å². The molecule has 0 radical (unpaired) electrons. The third-order valence-corrected chi connectivity index (χ3v) is 4.90. The SMILES string of the molecule is Cc1cccc(C(C)C)c1Nc1ncc(C(=O)NCCN2CCOCC2)cn1. The van der Waals surface area contributed by atoms with Crippen molar-refractivity contribution in [3.63, 3.8) is 0 Å². The zero-order valence-corrected chi connectivity index (χ0v) is 16.9. The molecule has 1 aromatic heterocycles. The number of ether oxygens (including phenoxy) is 1. The number of carbonyl (C=O) groups excluding carboxylic acids is 1. The number of rotatable bonds is 7. The van der Waals surface area contributed by atoms with Crippen molar-refractivity contribution in [3.05, 3.63) is 47.3 Å². The lowest BCUT2D eigenvalue weighted by molar-refractivity contribution is 0.0383. The van der Waals surface area contributed by atoms with Crippen LogP contribution in [0.2, 0.25) is 0 Å². The largest absolute Gasteiger partial charge is 0.379 e. The third-order valence-electron chi connectivity index (χ3n) is 4.90. The normalized spacial score (nSPS) is 14.9. The first-order chi connectivity index (χ1) is 13.5. The van der Waals surface area contributed by atoms with E-state index in [-0.39, 0.29) is 5.91 Å². The summed E-state index contributed by atoms with van der Waals surface area (Å²) in [6.45, 7) is 11.1. The summed E-state index contributed by atoms with van der Waals surface area (Å²) in [5.74, 6) is 0.721. The molecule has 28 heavy (non-hydrogen) atoms. The Bertz CT molecular complexity index is 786. The van der Waals surface area contributed by atoms with E-state index >= 15 is 0 Å². The van der Waals surface area contributed by atoms with Crippen LogP contribution in [0.3, 0.4) is 0 Å². The van der Waals surface area contributed by atoms with Gasteiger partial charge in [0.05, 0.1) is 18.8 Å². The van der Waals surface area contributed by atoms with Crippen molar-refractivity contribution in [2.24, 2.45) is 0 Å². The highest BCUT2D eigenvalue weighted by atomic mass is 16.5. The maximum atomic E-state index is 12.3. The number of aromatic nitrogens is 2. The van der Waals surface area contributed by atoms with E-state index in [0.717, 1.165) is 44.1 Å². The lowest BCUT2D eigenvalue weighted by Gasteiger charge is -2.26. The van der Waals surface area contributed by atoms with Crippen LogP contribution in [0.25, 0.3) is 0 Å². The number of benzene rings is 1. The zero-order valence-electron chi connectivity index (χ0n) is 16.9. The standard InChI is InChI=1S/C21H29N5O2/c1-15(2)18-6-4-5-16(3)19(18)25-21-23-13-17(14-24-21)20(27)22-7-8-26-9-11-28-12-10-26/h4-6,13-15H,7-12H2,1-3H3,(H,22,27)(H,23,24,25). The fourth-order valence-electron chi connectivity index (χ4n) is 3.22. The van der Waals surface area contributed by atoms with Gasteiger partial charge >= 0.3 is 0 Å². The Kier molecular flexibility index (Phi) is 6.95. The third kappa shape index (κ3) is 5.27. The highest BCUT2D eigenvalue weighted by Crippen LogP contribution is 2.29. The van der Waals surface area contributed by atoms with Gasteiger partial charge in [-0.3, -0.25) is 9.69 Å². The van der Waals surface area contributed by atoms with Gasteiger partial charge in [0.25, 0.3) is 5.91 Å². The number of anilines is 2. The van der Waals surface area contributed by atoms with Crippen molar-refractivity contribution < 1.29 is 9.53 Å². The summed E-state index contributed by atoms with van der Waals surface area (Å²) in [6.07, 6.45) is 3.12. The molecule has 2 heterocycles. The van der Waals surface area contributed by atoms with Crippen LogP contribution in [0.15, 0.2) is 30.6 Å². The van der Waals surface area contributed by atoms with E-state index in [1.807, 2.05) is 0 Å². The second-order valence-corrected chi connectivity index (χ2v) is 7.32. The number of carbonyl (C=O) groups is 1. The summed E-state index contributed by atoms with van der Waals surface area (Å²) >= 11 is 0. The van der Waals surface area contributed by atoms with E-state index in [4.69, 9.17) is 4.74 Å². The average Bonchev–Trinajstić information content (AvgIpc) is 2.70. The molecule has 0 bridgehead atoms. The molecule has 1 fully saturated rings. The van der Waals surface area contributed by atoms with Crippen LogP contribution in [-0.2, 0) is 4.74 Å². The van der Waals surface area contributed by atoms with Crippen molar-refractivity contribution >= 4 is 17.5 Å². The molecule has 0 unspecified atom stereocenters.